The number of rotatable bonds is 5. The molecule has 136 valence electrons. The van der Waals surface area contributed by atoms with E-state index in [1.807, 2.05) is 0 Å². The van der Waals surface area contributed by atoms with E-state index in [2.05, 4.69) is 10.1 Å². The first-order valence-corrected chi connectivity index (χ1v) is 8.33. The number of fused-ring (bicyclic) bond motifs is 1. The van der Waals surface area contributed by atoms with Crippen molar-refractivity contribution < 1.29 is 22.8 Å². The van der Waals surface area contributed by atoms with E-state index in [4.69, 9.17) is 9.26 Å². The molecule has 25 heavy (non-hydrogen) atoms. The maximum Gasteiger partial charge on any atom is 0.264 e. The molecule has 0 saturated carbocycles. The average molecular weight is 353 g/mol. The van der Waals surface area contributed by atoms with E-state index in [1.54, 1.807) is 18.9 Å². The van der Waals surface area contributed by atoms with Crippen LogP contribution in [-0.2, 0) is 9.53 Å². The quantitative estimate of drug-likeness (QED) is 0.826. The van der Waals surface area contributed by atoms with Crippen molar-refractivity contribution in [3.8, 4) is 0 Å². The standard InChI is InChI=1S/C17H21F2N3O3/c1-10-15-12(16(18)19)8-13(20-17(15)25-21-10)11-4-3-6-22(9-11)14(23)5-7-24-2/h8,11,16H,3-7,9H2,1-2H3/t11-/m1/s1. The maximum absolute atomic E-state index is 13.5. The number of carbonyl (C=O) groups is 1. The van der Waals surface area contributed by atoms with Crippen LogP contribution >= 0.6 is 0 Å². The van der Waals surface area contributed by atoms with Crippen LogP contribution in [0, 0.1) is 6.92 Å². The molecule has 1 atom stereocenters. The fraction of sp³-hybridized carbons (Fsp3) is 0.588. The van der Waals surface area contributed by atoms with Crippen molar-refractivity contribution >= 4 is 17.0 Å². The second-order valence-corrected chi connectivity index (χ2v) is 6.31. The lowest BCUT2D eigenvalue weighted by Gasteiger charge is -2.32. The molecule has 0 aliphatic carbocycles. The largest absolute Gasteiger partial charge is 0.384 e. The van der Waals surface area contributed by atoms with Gasteiger partial charge < -0.3 is 14.2 Å². The highest BCUT2D eigenvalue weighted by atomic mass is 19.3. The van der Waals surface area contributed by atoms with Crippen molar-refractivity contribution in [3.63, 3.8) is 0 Å². The van der Waals surface area contributed by atoms with Gasteiger partial charge in [-0.15, -0.1) is 0 Å². The summed E-state index contributed by atoms with van der Waals surface area (Å²) in [5, 5.41) is 4.03. The van der Waals surface area contributed by atoms with Crippen molar-refractivity contribution in [1.82, 2.24) is 15.0 Å². The van der Waals surface area contributed by atoms with E-state index in [9.17, 15) is 13.6 Å². The van der Waals surface area contributed by atoms with Crippen molar-refractivity contribution in [3.05, 3.63) is 23.0 Å². The van der Waals surface area contributed by atoms with Crippen LogP contribution in [0.5, 0.6) is 0 Å². The summed E-state index contributed by atoms with van der Waals surface area (Å²) in [6.45, 7) is 3.13. The van der Waals surface area contributed by atoms with E-state index in [0.717, 1.165) is 12.8 Å². The zero-order chi connectivity index (χ0) is 18.0. The van der Waals surface area contributed by atoms with Crippen LogP contribution in [0.4, 0.5) is 8.78 Å². The van der Waals surface area contributed by atoms with Gasteiger partial charge in [0.1, 0.15) is 0 Å². The molecule has 0 radical (unpaired) electrons. The third-order valence-electron chi connectivity index (χ3n) is 4.61. The van der Waals surface area contributed by atoms with Gasteiger partial charge in [-0.3, -0.25) is 4.79 Å². The highest BCUT2D eigenvalue weighted by molar-refractivity contribution is 5.80. The van der Waals surface area contributed by atoms with Crippen molar-refractivity contribution in [1.29, 1.82) is 0 Å². The number of nitrogens with zero attached hydrogens (tertiary/aromatic N) is 3. The topological polar surface area (TPSA) is 68.5 Å². The highest BCUT2D eigenvalue weighted by Crippen LogP contribution is 2.34. The summed E-state index contributed by atoms with van der Waals surface area (Å²) in [5.41, 5.74) is 0.960. The minimum absolute atomic E-state index is 0.0113. The number of methoxy groups -OCH3 is 1. The number of hydrogen-bond acceptors (Lipinski definition) is 5. The Morgan fingerprint density at radius 3 is 3.04 bits per heavy atom. The number of ether oxygens (including phenoxy) is 1. The second-order valence-electron chi connectivity index (χ2n) is 6.31. The Labute approximate surface area is 144 Å². The molecule has 0 bridgehead atoms. The van der Waals surface area contributed by atoms with Crippen molar-refractivity contribution in [2.24, 2.45) is 0 Å². The Morgan fingerprint density at radius 1 is 1.52 bits per heavy atom. The maximum atomic E-state index is 13.5. The Hall–Kier alpha value is -2.09. The molecule has 1 aliphatic heterocycles. The van der Waals surface area contributed by atoms with Crippen molar-refractivity contribution in [2.75, 3.05) is 26.8 Å². The van der Waals surface area contributed by atoms with E-state index in [1.165, 1.54) is 6.07 Å². The van der Waals surface area contributed by atoms with Gasteiger partial charge in [0.15, 0.2) is 0 Å². The van der Waals surface area contributed by atoms with Gasteiger partial charge >= 0.3 is 0 Å². The molecule has 3 rings (SSSR count). The third-order valence-corrected chi connectivity index (χ3v) is 4.61. The Balaban J connectivity index is 1.87. The number of carbonyl (C=O) groups excluding carboxylic acids is 1. The number of hydrogen-bond donors (Lipinski definition) is 0. The number of aryl methyl sites for hydroxylation is 1. The van der Waals surface area contributed by atoms with Gasteiger partial charge in [-0.2, -0.15) is 0 Å². The summed E-state index contributed by atoms with van der Waals surface area (Å²) in [6, 6.07) is 1.44. The molecule has 1 aliphatic rings. The molecule has 0 N–H and O–H groups in total. The molecular weight excluding hydrogens is 332 g/mol. The predicted molar refractivity (Wildman–Crippen MR) is 86.5 cm³/mol. The number of piperidine rings is 1. The van der Waals surface area contributed by atoms with E-state index >= 15 is 0 Å². The second kappa shape index (κ2) is 7.43. The minimum atomic E-state index is -2.63. The summed E-state index contributed by atoms with van der Waals surface area (Å²) in [7, 11) is 1.55. The molecule has 0 unspecified atom stereocenters. The van der Waals surface area contributed by atoms with E-state index in [0.29, 0.717) is 37.5 Å². The fourth-order valence-corrected chi connectivity index (χ4v) is 3.32. The van der Waals surface area contributed by atoms with Crippen LogP contribution < -0.4 is 0 Å². The van der Waals surface area contributed by atoms with Gasteiger partial charge in [-0.25, -0.2) is 13.8 Å². The summed E-state index contributed by atoms with van der Waals surface area (Å²) in [5.74, 6) is -0.0789. The lowest BCUT2D eigenvalue weighted by atomic mass is 9.92. The molecule has 8 heteroatoms. The molecular formula is C17H21F2N3O3. The molecule has 1 saturated heterocycles. The molecule has 2 aromatic rings. The number of halogens is 2. The van der Waals surface area contributed by atoms with Crippen LogP contribution in [0.1, 0.15) is 48.6 Å². The SMILES string of the molecule is COCCC(=O)N1CCC[C@@H](c2cc(C(F)F)c3c(C)noc3n2)C1. The highest BCUT2D eigenvalue weighted by Gasteiger charge is 2.28. The van der Waals surface area contributed by atoms with E-state index < -0.39 is 6.43 Å². The van der Waals surface area contributed by atoms with Gasteiger partial charge in [0, 0.05) is 37.4 Å². The first-order chi connectivity index (χ1) is 12.0. The summed E-state index contributed by atoms with van der Waals surface area (Å²) in [4.78, 5) is 18.4. The van der Waals surface area contributed by atoms with Gasteiger partial charge in [-0.1, -0.05) is 5.16 Å². The molecule has 0 spiro atoms. The Bertz CT molecular complexity index is 763. The van der Waals surface area contributed by atoms with E-state index in [-0.39, 0.29) is 28.5 Å². The van der Waals surface area contributed by atoms with Gasteiger partial charge in [0.25, 0.3) is 12.1 Å². The van der Waals surface area contributed by atoms with Crippen LogP contribution in [-0.4, -0.2) is 47.8 Å². The summed E-state index contributed by atoms with van der Waals surface area (Å²) in [6.07, 6.45) is -0.713. The Kier molecular flexibility index (Phi) is 5.27. The van der Waals surface area contributed by atoms with Gasteiger partial charge in [0.05, 0.1) is 24.1 Å². The third kappa shape index (κ3) is 3.63. The van der Waals surface area contributed by atoms with Gasteiger partial charge in [0.2, 0.25) is 5.91 Å². The van der Waals surface area contributed by atoms with Crippen LogP contribution in [0.15, 0.2) is 10.6 Å². The molecule has 3 heterocycles. The lowest BCUT2D eigenvalue weighted by molar-refractivity contribution is -0.133. The monoisotopic (exact) mass is 353 g/mol. The normalized spacial score (nSPS) is 18.3. The zero-order valence-electron chi connectivity index (χ0n) is 14.3. The number of alkyl halides is 2. The number of aromatic nitrogens is 2. The van der Waals surface area contributed by atoms with Gasteiger partial charge in [-0.05, 0) is 25.8 Å². The number of likely N-dealkylation sites (tertiary alicyclic amines) is 1. The van der Waals surface area contributed by atoms with Crippen LogP contribution in [0.2, 0.25) is 0 Å². The molecule has 2 aromatic heterocycles. The molecule has 6 nitrogen and oxygen atoms in total. The lowest BCUT2D eigenvalue weighted by Crippen LogP contribution is -2.39. The molecule has 1 amide bonds. The average Bonchev–Trinajstić information content (AvgIpc) is 3.00. The Morgan fingerprint density at radius 2 is 2.32 bits per heavy atom. The predicted octanol–water partition coefficient (Wildman–Crippen LogP) is 3.21. The summed E-state index contributed by atoms with van der Waals surface area (Å²) >= 11 is 0. The number of pyridine rings is 1. The first-order valence-electron chi connectivity index (χ1n) is 8.33. The van der Waals surface area contributed by atoms with Crippen LogP contribution in [0.3, 0.4) is 0 Å². The summed E-state index contributed by atoms with van der Waals surface area (Å²) < 4.78 is 37.0. The smallest absolute Gasteiger partial charge is 0.264 e. The van der Waals surface area contributed by atoms with Crippen LogP contribution in [0.25, 0.3) is 11.1 Å². The first kappa shape index (κ1) is 17.7. The molecule has 1 fully saturated rings. The van der Waals surface area contributed by atoms with Crippen molar-refractivity contribution in [2.45, 2.75) is 38.5 Å². The fourth-order valence-electron chi connectivity index (χ4n) is 3.32. The molecule has 0 aromatic carbocycles. The minimum Gasteiger partial charge on any atom is -0.384 e. The number of amides is 1. The zero-order valence-corrected chi connectivity index (χ0v) is 14.3.